The van der Waals surface area contributed by atoms with Crippen LogP contribution in [0.2, 0.25) is 0 Å². The van der Waals surface area contributed by atoms with Crippen LogP contribution in [-0.4, -0.2) is 59.5 Å². The molecule has 3 rings (SSSR count). The molecule has 1 amide bonds. The maximum Gasteiger partial charge on any atom is 0.260 e. The Balaban J connectivity index is 1.76. The molecule has 28 heavy (non-hydrogen) atoms. The van der Waals surface area contributed by atoms with E-state index in [4.69, 9.17) is 4.84 Å². The minimum atomic E-state index is -3.58. The number of benzene rings is 1. The molecule has 154 valence electrons. The molecule has 2 heterocycles. The van der Waals surface area contributed by atoms with Gasteiger partial charge in [0.1, 0.15) is 11.0 Å². The first-order valence-electron chi connectivity index (χ1n) is 9.57. The number of fused-ring (bicyclic) bond motifs is 1. The minimum absolute atomic E-state index is 0.0184. The summed E-state index contributed by atoms with van der Waals surface area (Å²) in [4.78, 5) is 18.7. The average Bonchev–Trinajstić information content (AvgIpc) is 3.09. The van der Waals surface area contributed by atoms with Gasteiger partial charge in [0.2, 0.25) is 10.0 Å². The highest BCUT2D eigenvalue weighted by atomic mass is 32.2. The zero-order valence-corrected chi connectivity index (χ0v) is 17.3. The van der Waals surface area contributed by atoms with E-state index in [-0.39, 0.29) is 23.5 Å². The van der Waals surface area contributed by atoms with Gasteiger partial charge in [0.25, 0.3) is 5.91 Å². The van der Waals surface area contributed by atoms with Crippen molar-refractivity contribution in [1.29, 1.82) is 0 Å². The summed E-state index contributed by atoms with van der Waals surface area (Å²) in [5.74, 6) is 0.0284. The van der Waals surface area contributed by atoms with Gasteiger partial charge in [-0.1, -0.05) is 25.1 Å². The summed E-state index contributed by atoms with van der Waals surface area (Å²) >= 11 is 0. The molecule has 0 saturated carbocycles. The number of piperidine rings is 1. The zero-order valence-electron chi connectivity index (χ0n) is 16.5. The molecule has 0 spiro atoms. The van der Waals surface area contributed by atoms with Gasteiger partial charge in [-0.25, -0.2) is 8.42 Å². The van der Waals surface area contributed by atoms with Crippen molar-refractivity contribution in [2.24, 2.45) is 5.92 Å². The van der Waals surface area contributed by atoms with Crippen molar-refractivity contribution in [3.05, 3.63) is 18.2 Å². The van der Waals surface area contributed by atoms with Gasteiger partial charge in [0, 0.05) is 19.1 Å². The number of nitrogens with zero attached hydrogens (tertiary/aromatic N) is 4. The van der Waals surface area contributed by atoms with Gasteiger partial charge in [-0.2, -0.15) is 4.31 Å². The van der Waals surface area contributed by atoms with Crippen molar-refractivity contribution < 1.29 is 18.0 Å². The largest absolute Gasteiger partial charge is 0.385 e. The molecule has 1 aliphatic rings. The van der Waals surface area contributed by atoms with Gasteiger partial charge in [0.05, 0.1) is 4.90 Å². The molecule has 1 aliphatic heterocycles. The predicted molar refractivity (Wildman–Crippen MR) is 104 cm³/mol. The van der Waals surface area contributed by atoms with Crippen molar-refractivity contribution in [2.75, 3.05) is 19.7 Å². The minimum Gasteiger partial charge on any atom is -0.385 e. The highest BCUT2D eigenvalue weighted by Crippen LogP contribution is 2.23. The number of aromatic nitrogens is 3. The Hall–Kier alpha value is -2.20. The maximum atomic E-state index is 12.9. The van der Waals surface area contributed by atoms with E-state index in [1.807, 2.05) is 20.8 Å². The first-order chi connectivity index (χ1) is 13.3. The number of carbonyl (C=O) groups is 1. The molecule has 0 aliphatic carbocycles. The Morgan fingerprint density at radius 3 is 2.61 bits per heavy atom. The van der Waals surface area contributed by atoms with Gasteiger partial charge in [-0.15, -0.1) is 5.10 Å². The third kappa shape index (κ3) is 4.44. The van der Waals surface area contributed by atoms with Crippen LogP contribution in [0.15, 0.2) is 23.1 Å². The Labute approximate surface area is 165 Å². The number of sulfonamides is 1. The van der Waals surface area contributed by atoms with E-state index in [0.29, 0.717) is 30.0 Å². The highest BCUT2D eigenvalue weighted by molar-refractivity contribution is 7.89. The van der Waals surface area contributed by atoms with Crippen LogP contribution in [0.3, 0.4) is 0 Å². The molecule has 1 aromatic carbocycles. The fourth-order valence-electron chi connectivity index (χ4n) is 2.97. The van der Waals surface area contributed by atoms with Crippen molar-refractivity contribution in [2.45, 2.75) is 51.0 Å². The first-order valence-corrected chi connectivity index (χ1v) is 11.0. The van der Waals surface area contributed by atoms with Gasteiger partial charge < -0.3 is 10.2 Å². The maximum absolute atomic E-state index is 12.9. The Morgan fingerprint density at radius 1 is 1.21 bits per heavy atom. The van der Waals surface area contributed by atoms with E-state index < -0.39 is 10.0 Å². The third-order valence-electron chi connectivity index (χ3n) is 5.05. The molecule has 10 heteroatoms. The van der Waals surface area contributed by atoms with E-state index in [1.54, 1.807) is 6.07 Å². The molecule has 0 bridgehead atoms. The predicted octanol–water partition coefficient (Wildman–Crippen LogP) is 1.20. The summed E-state index contributed by atoms with van der Waals surface area (Å²) < 4.78 is 27.3. The summed E-state index contributed by atoms with van der Waals surface area (Å²) in [7, 11) is -3.58. The Morgan fingerprint density at radius 2 is 1.93 bits per heavy atom. The van der Waals surface area contributed by atoms with E-state index >= 15 is 0 Å². The fourth-order valence-corrected chi connectivity index (χ4v) is 4.51. The second-order valence-electron chi connectivity index (χ2n) is 7.45. The van der Waals surface area contributed by atoms with Crippen molar-refractivity contribution in [3.63, 3.8) is 0 Å². The van der Waals surface area contributed by atoms with Gasteiger partial charge in [0.15, 0.2) is 6.61 Å². The van der Waals surface area contributed by atoms with Crippen molar-refractivity contribution >= 4 is 27.0 Å². The van der Waals surface area contributed by atoms with Crippen LogP contribution < -0.4 is 10.2 Å². The van der Waals surface area contributed by atoms with Crippen molar-refractivity contribution in [1.82, 2.24) is 24.8 Å². The standard InChI is InChI=1S/C18H27N5O4S/c1-13(2)14(3)19-18(24)12-27-23-17-11-15(7-8-16(17)20-21-23)28(25,26)22-9-5-4-6-10-22/h7-8,11,13-14H,4-6,9-10,12H2,1-3H3,(H,19,24)/t14-/m1/s1. The molecule has 9 nitrogen and oxygen atoms in total. The highest BCUT2D eigenvalue weighted by Gasteiger charge is 2.26. The van der Waals surface area contributed by atoms with Crippen LogP contribution >= 0.6 is 0 Å². The number of carbonyl (C=O) groups excluding carboxylic acids is 1. The van der Waals surface area contributed by atoms with Crippen LogP contribution in [-0.2, 0) is 14.8 Å². The lowest BCUT2D eigenvalue weighted by Gasteiger charge is -2.25. The second kappa shape index (κ2) is 8.44. The van der Waals surface area contributed by atoms with E-state index in [0.717, 1.165) is 24.1 Å². The average molecular weight is 410 g/mol. The topological polar surface area (TPSA) is 106 Å². The lowest BCUT2D eigenvalue weighted by Crippen LogP contribution is -2.40. The summed E-state index contributed by atoms with van der Waals surface area (Å²) in [6.45, 7) is 6.77. The lowest BCUT2D eigenvalue weighted by molar-refractivity contribution is -0.127. The summed E-state index contributed by atoms with van der Waals surface area (Å²) in [6.07, 6.45) is 2.79. The summed E-state index contributed by atoms with van der Waals surface area (Å²) in [6, 6.07) is 4.64. The molecule has 2 aromatic rings. The van der Waals surface area contributed by atoms with E-state index in [1.165, 1.54) is 16.4 Å². The molecule has 0 unspecified atom stereocenters. The van der Waals surface area contributed by atoms with Crippen LogP contribution in [0.4, 0.5) is 0 Å². The molecule has 1 fully saturated rings. The molecule has 0 radical (unpaired) electrons. The molecular formula is C18H27N5O4S. The Bertz CT molecular complexity index is 935. The third-order valence-corrected chi connectivity index (χ3v) is 6.94. The molecule has 1 N–H and O–H groups in total. The molecule has 1 saturated heterocycles. The fraction of sp³-hybridized carbons (Fsp3) is 0.611. The van der Waals surface area contributed by atoms with Gasteiger partial charge in [-0.05, 0) is 49.1 Å². The second-order valence-corrected chi connectivity index (χ2v) is 9.39. The number of hydrogen-bond acceptors (Lipinski definition) is 6. The first kappa shape index (κ1) is 20.5. The van der Waals surface area contributed by atoms with Crippen LogP contribution in [0.5, 0.6) is 0 Å². The molecule has 1 aromatic heterocycles. The quantitative estimate of drug-likeness (QED) is 0.736. The normalized spacial score (nSPS) is 17.0. The lowest BCUT2D eigenvalue weighted by atomic mass is 10.1. The number of hydrogen-bond donors (Lipinski definition) is 1. The van der Waals surface area contributed by atoms with Crippen molar-refractivity contribution in [3.8, 4) is 0 Å². The molecular weight excluding hydrogens is 382 g/mol. The SMILES string of the molecule is CC(C)[C@@H](C)NC(=O)COn1nnc2ccc(S(=O)(=O)N3CCCCC3)cc21. The number of rotatable bonds is 7. The molecule has 1 atom stereocenters. The van der Waals surface area contributed by atoms with E-state index in [2.05, 4.69) is 15.6 Å². The smallest absolute Gasteiger partial charge is 0.260 e. The van der Waals surface area contributed by atoms with Gasteiger partial charge in [-0.3, -0.25) is 4.79 Å². The van der Waals surface area contributed by atoms with Gasteiger partial charge >= 0.3 is 0 Å². The monoisotopic (exact) mass is 409 g/mol. The van der Waals surface area contributed by atoms with Crippen LogP contribution in [0.1, 0.15) is 40.0 Å². The van der Waals surface area contributed by atoms with Crippen LogP contribution in [0, 0.1) is 5.92 Å². The number of nitrogens with one attached hydrogen (secondary N) is 1. The summed E-state index contributed by atoms with van der Waals surface area (Å²) in [5, 5.41) is 10.7. The summed E-state index contributed by atoms with van der Waals surface area (Å²) in [5.41, 5.74) is 0.899. The Kier molecular flexibility index (Phi) is 6.19. The van der Waals surface area contributed by atoms with Crippen LogP contribution in [0.25, 0.3) is 11.0 Å². The zero-order chi connectivity index (χ0) is 20.3. The van der Waals surface area contributed by atoms with E-state index in [9.17, 15) is 13.2 Å². The number of amides is 1.